The van der Waals surface area contributed by atoms with Crippen molar-refractivity contribution in [3.05, 3.63) is 0 Å². The molecule has 184 valence electrons. The Morgan fingerprint density at radius 2 is 1.16 bits per heavy atom. The first-order valence-electron chi connectivity index (χ1n) is 11.8. The van der Waals surface area contributed by atoms with Gasteiger partial charge in [-0.3, -0.25) is 0 Å². The summed E-state index contributed by atoms with van der Waals surface area (Å²) in [5.74, 6) is 0. The first-order chi connectivity index (χ1) is 15.0. The first-order valence-corrected chi connectivity index (χ1v) is 11.8. The van der Waals surface area contributed by atoms with Crippen molar-refractivity contribution in [3.63, 3.8) is 0 Å². The zero-order valence-electron chi connectivity index (χ0n) is 20.7. The molecule has 8 heteroatoms. The number of nitrogens with one attached hydrogen (secondary N) is 1. The Bertz CT molecular complexity index is 378. The van der Waals surface area contributed by atoms with Crippen molar-refractivity contribution in [3.8, 4) is 12.1 Å². The first kappa shape index (κ1) is 36.5. The lowest BCUT2D eigenvalue weighted by Crippen LogP contribution is -2.31. The fourth-order valence-corrected chi connectivity index (χ4v) is 1.86. The Kier molecular flexibility index (Phi) is 45.6. The van der Waals surface area contributed by atoms with E-state index in [4.69, 9.17) is 27.1 Å². The number of unbranched alkanes of at least 4 members (excludes halogenated alkanes) is 4. The molecule has 0 unspecified atom stereocenters. The van der Waals surface area contributed by atoms with Crippen LogP contribution in [0.5, 0.6) is 0 Å². The summed E-state index contributed by atoms with van der Waals surface area (Å²) in [4.78, 5) is 12.1. The van der Waals surface area contributed by atoms with Gasteiger partial charge in [0.15, 0.2) is 0 Å². The average molecular weight is 443 g/mol. The van der Waals surface area contributed by atoms with Crippen LogP contribution in [-0.2, 0) is 0 Å². The molecule has 0 aromatic rings. The summed E-state index contributed by atoms with van der Waals surface area (Å²) in [5.41, 5.74) is 9.83. The monoisotopic (exact) mass is 442 g/mol. The molecule has 0 spiro atoms. The van der Waals surface area contributed by atoms with Gasteiger partial charge in [-0.15, -0.1) is 0 Å². The van der Waals surface area contributed by atoms with Crippen LogP contribution in [0.25, 0.3) is 0 Å². The van der Waals surface area contributed by atoms with Crippen molar-refractivity contribution in [2.45, 2.75) is 91.9 Å². The smallest absolute Gasteiger partial charge is 0.407 e. The number of hydrogen-bond donors (Lipinski definition) is 4. The minimum Gasteiger partial charge on any atom is -0.465 e. The van der Waals surface area contributed by atoms with Gasteiger partial charge in [0, 0.05) is 39.0 Å². The maximum absolute atomic E-state index is 10.6. The Balaban J connectivity index is -0.000000169. The number of carboxylic acid groups (broad SMARTS) is 1. The van der Waals surface area contributed by atoms with Gasteiger partial charge in [-0.2, -0.15) is 10.5 Å². The lowest BCUT2D eigenvalue weighted by atomic mass is 10.3. The fraction of sp³-hybridized carbons (Fsp3) is 0.870. The van der Waals surface area contributed by atoms with Gasteiger partial charge < -0.3 is 26.8 Å². The Morgan fingerprint density at radius 1 is 0.806 bits per heavy atom. The third kappa shape index (κ3) is 47.4. The van der Waals surface area contributed by atoms with Crippen LogP contribution < -0.4 is 16.8 Å². The fourth-order valence-electron chi connectivity index (χ4n) is 1.86. The molecular weight excluding hydrogens is 392 g/mol. The molecule has 0 rings (SSSR count). The Morgan fingerprint density at radius 3 is 1.35 bits per heavy atom. The zero-order chi connectivity index (χ0) is 24.6. The second-order valence-electron chi connectivity index (χ2n) is 6.83. The predicted octanol–water partition coefficient (Wildman–Crippen LogP) is 4.46. The van der Waals surface area contributed by atoms with Crippen LogP contribution in [0, 0.1) is 22.7 Å². The molecule has 0 aliphatic heterocycles. The van der Waals surface area contributed by atoms with Gasteiger partial charge in [0.2, 0.25) is 0 Å². The Labute approximate surface area is 192 Å². The molecule has 0 saturated carbocycles. The molecule has 0 atom stereocenters. The van der Waals surface area contributed by atoms with Crippen LogP contribution >= 0.6 is 0 Å². The number of amides is 1. The summed E-state index contributed by atoms with van der Waals surface area (Å²) in [7, 11) is 0. The van der Waals surface area contributed by atoms with E-state index in [0.29, 0.717) is 39.0 Å². The SMILES string of the molecule is CCCCN(CCCC)C(=O)O.CCCCNCCCC.N#CCCN.N#CCCN. The molecule has 0 aromatic heterocycles. The number of nitrogens with two attached hydrogens (primary N) is 2. The average Bonchev–Trinajstić information content (AvgIpc) is 2.76. The summed E-state index contributed by atoms with van der Waals surface area (Å²) in [6.07, 6.45) is 9.46. The third-order valence-electron chi connectivity index (χ3n) is 3.76. The summed E-state index contributed by atoms with van der Waals surface area (Å²) < 4.78 is 0. The second-order valence-corrected chi connectivity index (χ2v) is 6.83. The van der Waals surface area contributed by atoms with Crippen molar-refractivity contribution in [2.75, 3.05) is 39.3 Å². The van der Waals surface area contributed by atoms with E-state index in [0.717, 1.165) is 25.7 Å². The molecule has 6 N–H and O–H groups in total. The summed E-state index contributed by atoms with van der Waals surface area (Å²) in [5, 5.41) is 27.6. The van der Waals surface area contributed by atoms with Gasteiger partial charge in [-0.25, -0.2) is 4.79 Å². The van der Waals surface area contributed by atoms with Crippen LogP contribution in [0.15, 0.2) is 0 Å². The molecular formula is C23H50N6O2. The maximum atomic E-state index is 10.6. The van der Waals surface area contributed by atoms with Gasteiger partial charge >= 0.3 is 6.09 Å². The molecule has 1 amide bonds. The highest BCUT2D eigenvalue weighted by Gasteiger charge is 2.08. The van der Waals surface area contributed by atoms with E-state index in [1.54, 1.807) is 0 Å². The highest BCUT2D eigenvalue weighted by atomic mass is 16.4. The number of hydrogen-bond acceptors (Lipinski definition) is 6. The highest BCUT2D eigenvalue weighted by Crippen LogP contribution is 1.99. The van der Waals surface area contributed by atoms with Gasteiger partial charge in [-0.1, -0.05) is 53.4 Å². The van der Waals surface area contributed by atoms with Gasteiger partial charge in [0.05, 0.1) is 12.1 Å². The molecule has 0 aromatic carbocycles. The molecule has 0 fully saturated rings. The van der Waals surface area contributed by atoms with Crippen molar-refractivity contribution in [1.82, 2.24) is 10.2 Å². The number of nitriles is 2. The standard InChI is InChI=1S/C9H19NO2.C8H19N.2C3H6N2/c1-3-5-7-10(9(11)12)8-6-4-2;1-3-5-7-9-8-6-4-2;2*4-2-1-3-5/h3-8H2,1-2H3,(H,11,12);9H,3-8H2,1-2H3;2*1-2,4H2. The van der Waals surface area contributed by atoms with Crippen LogP contribution in [0.2, 0.25) is 0 Å². The largest absolute Gasteiger partial charge is 0.465 e. The second kappa shape index (κ2) is 38.7. The molecule has 31 heavy (non-hydrogen) atoms. The molecule has 0 saturated heterocycles. The topological polar surface area (TPSA) is 152 Å². The van der Waals surface area contributed by atoms with E-state index < -0.39 is 6.09 Å². The van der Waals surface area contributed by atoms with Crippen LogP contribution in [0.4, 0.5) is 4.79 Å². The summed E-state index contributed by atoms with van der Waals surface area (Å²) in [6.45, 7) is 13.3. The van der Waals surface area contributed by atoms with Crippen LogP contribution in [0.3, 0.4) is 0 Å². The minimum atomic E-state index is -0.781. The zero-order valence-corrected chi connectivity index (χ0v) is 20.7. The van der Waals surface area contributed by atoms with E-state index in [1.807, 2.05) is 12.1 Å². The summed E-state index contributed by atoms with van der Waals surface area (Å²) >= 11 is 0. The number of rotatable bonds is 14. The molecule has 8 nitrogen and oxygen atoms in total. The van der Waals surface area contributed by atoms with E-state index in [9.17, 15) is 4.79 Å². The molecule has 0 aliphatic rings. The predicted molar refractivity (Wildman–Crippen MR) is 131 cm³/mol. The molecule has 0 radical (unpaired) electrons. The van der Waals surface area contributed by atoms with E-state index in [2.05, 4.69) is 33.0 Å². The van der Waals surface area contributed by atoms with Crippen molar-refractivity contribution < 1.29 is 9.90 Å². The molecule has 0 bridgehead atoms. The lowest BCUT2D eigenvalue weighted by molar-refractivity contribution is 0.143. The molecule has 0 aliphatic carbocycles. The van der Waals surface area contributed by atoms with Crippen LogP contribution in [0.1, 0.15) is 91.9 Å². The van der Waals surface area contributed by atoms with Gasteiger partial charge in [0.25, 0.3) is 0 Å². The van der Waals surface area contributed by atoms with Gasteiger partial charge in [0.1, 0.15) is 0 Å². The van der Waals surface area contributed by atoms with Crippen LogP contribution in [-0.4, -0.2) is 55.4 Å². The van der Waals surface area contributed by atoms with E-state index in [1.165, 1.54) is 43.7 Å². The van der Waals surface area contributed by atoms with Crippen molar-refractivity contribution in [2.24, 2.45) is 11.5 Å². The lowest BCUT2D eigenvalue weighted by Gasteiger charge is -2.17. The third-order valence-corrected chi connectivity index (χ3v) is 3.76. The van der Waals surface area contributed by atoms with E-state index in [-0.39, 0.29) is 0 Å². The highest BCUT2D eigenvalue weighted by molar-refractivity contribution is 5.64. The normalized spacial score (nSPS) is 8.77. The van der Waals surface area contributed by atoms with Gasteiger partial charge in [-0.05, 0) is 38.8 Å². The maximum Gasteiger partial charge on any atom is 0.407 e. The number of nitrogens with zero attached hydrogens (tertiary/aromatic N) is 3. The van der Waals surface area contributed by atoms with Crippen molar-refractivity contribution in [1.29, 1.82) is 10.5 Å². The molecule has 0 heterocycles. The van der Waals surface area contributed by atoms with E-state index >= 15 is 0 Å². The van der Waals surface area contributed by atoms with Crippen molar-refractivity contribution >= 4 is 6.09 Å². The minimum absolute atomic E-state index is 0.472. The summed E-state index contributed by atoms with van der Waals surface area (Å²) in [6, 6.07) is 3.78. The quantitative estimate of drug-likeness (QED) is 0.290. The number of carbonyl (C=O) groups is 1. The Hall–Kier alpha value is -1.87.